The first-order valence-electron chi connectivity index (χ1n) is 5.67. The van der Waals surface area contributed by atoms with Crippen molar-refractivity contribution in [1.29, 1.82) is 0 Å². The average molecular weight is 248 g/mol. The molecule has 3 nitrogen and oxygen atoms in total. The molecule has 0 saturated heterocycles. The third-order valence-electron chi connectivity index (χ3n) is 2.31. The Balaban J connectivity index is 1.98. The second-order valence-electron chi connectivity index (χ2n) is 3.78. The Morgan fingerprint density at radius 1 is 1.29 bits per heavy atom. The van der Waals surface area contributed by atoms with Crippen LogP contribution < -0.4 is 5.32 Å². The fourth-order valence-electron chi connectivity index (χ4n) is 1.42. The largest absolute Gasteiger partial charge is 0.439 e. The van der Waals surface area contributed by atoms with E-state index in [-0.39, 0.29) is 0 Å². The van der Waals surface area contributed by atoms with Crippen molar-refractivity contribution >= 4 is 11.8 Å². The van der Waals surface area contributed by atoms with Crippen LogP contribution in [0.25, 0.3) is 0 Å². The zero-order valence-electron chi connectivity index (χ0n) is 10.1. The first-order valence-corrected chi connectivity index (χ1v) is 6.49. The fraction of sp³-hybridized carbons (Fsp3) is 0.308. The van der Waals surface area contributed by atoms with Crippen LogP contribution in [-0.4, -0.2) is 11.5 Å². The molecule has 1 heterocycles. The van der Waals surface area contributed by atoms with Crippen molar-refractivity contribution in [2.75, 3.05) is 6.54 Å². The highest BCUT2D eigenvalue weighted by Crippen LogP contribution is 2.26. The van der Waals surface area contributed by atoms with Gasteiger partial charge in [0.15, 0.2) is 0 Å². The molecule has 4 heteroatoms. The van der Waals surface area contributed by atoms with E-state index in [0.29, 0.717) is 5.22 Å². The third-order valence-corrected chi connectivity index (χ3v) is 3.18. The van der Waals surface area contributed by atoms with Gasteiger partial charge in [0.1, 0.15) is 6.26 Å². The molecule has 1 N–H and O–H groups in total. The van der Waals surface area contributed by atoms with E-state index in [9.17, 15) is 0 Å². The van der Waals surface area contributed by atoms with Gasteiger partial charge in [-0.25, -0.2) is 4.98 Å². The Labute approximate surface area is 106 Å². The first-order chi connectivity index (χ1) is 8.28. The van der Waals surface area contributed by atoms with E-state index in [2.05, 4.69) is 41.5 Å². The van der Waals surface area contributed by atoms with Gasteiger partial charge in [-0.2, -0.15) is 0 Å². The van der Waals surface area contributed by atoms with Gasteiger partial charge in [-0.1, -0.05) is 19.1 Å². The summed E-state index contributed by atoms with van der Waals surface area (Å²) in [5.74, 6) is 0. The Kier molecular flexibility index (Phi) is 4.23. The summed E-state index contributed by atoms with van der Waals surface area (Å²) in [5, 5.41) is 4.00. The van der Waals surface area contributed by atoms with Gasteiger partial charge in [0, 0.05) is 11.4 Å². The summed E-state index contributed by atoms with van der Waals surface area (Å²) >= 11 is 1.54. The molecule has 0 unspecified atom stereocenters. The zero-order chi connectivity index (χ0) is 12.1. The van der Waals surface area contributed by atoms with Crippen LogP contribution in [0.5, 0.6) is 0 Å². The van der Waals surface area contributed by atoms with E-state index in [1.165, 1.54) is 5.56 Å². The molecule has 0 spiro atoms. The van der Waals surface area contributed by atoms with Gasteiger partial charge in [-0.15, -0.1) is 0 Å². The smallest absolute Gasteiger partial charge is 0.260 e. The summed E-state index contributed by atoms with van der Waals surface area (Å²) in [6, 6.07) is 8.44. The van der Waals surface area contributed by atoms with Crippen molar-refractivity contribution in [2.45, 2.75) is 30.5 Å². The summed E-state index contributed by atoms with van der Waals surface area (Å²) in [6.45, 7) is 5.94. The van der Waals surface area contributed by atoms with Gasteiger partial charge in [0.05, 0.1) is 5.69 Å². The molecule has 17 heavy (non-hydrogen) atoms. The monoisotopic (exact) mass is 248 g/mol. The summed E-state index contributed by atoms with van der Waals surface area (Å²) < 4.78 is 5.30. The van der Waals surface area contributed by atoms with E-state index in [1.54, 1.807) is 18.0 Å². The molecule has 0 aliphatic rings. The molecular formula is C13H16N2OS. The van der Waals surface area contributed by atoms with Crippen molar-refractivity contribution in [2.24, 2.45) is 0 Å². The summed E-state index contributed by atoms with van der Waals surface area (Å²) in [4.78, 5) is 5.41. The van der Waals surface area contributed by atoms with Crippen molar-refractivity contribution in [3.8, 4) is 0 Å². The number of rotatable bonds is 5. The Bertz CT molecular complexity index is 465. The van der Waals surface area contributed by atoms with Crippen LogP contribution in [-0.2, 0) is 6.54 Å². The van der Waals surface area contributed by atoms with Crippen LogP contribution in [0.3, 0.4) is 0 Å². The Hall–Kier alpha value is -1.26. The van der Waals surface area contributed by atoms with Gasteiger partial charge in [-0.3, -0.25) is 0 Å². The van der Waals surface area contributed by atoms with Crippen LogP contribution >= 0.6 is 11.8 Å². The predicted octanol–water partition coefficient (Wildman–Crippen LogP) is 3.24. The molecule has 0 fully saturated rings. The Morgan fingerprint density at radius 3 is 2.65 bits per heavy atom. The zero-order valence-corrected chi connectivity index (χ0v) is 10.9. The minimum absolute atomic E-state index is 0.696. The van der Waals surface area contributed by atoms with E-state index >= 15 is 0 Å². The number of nitrogens with zero attached hydrogens (tertiary/aromatic N) is 1. The Morgan fingerprint density at radius 2 is 2.06 bits per heavy atom. The molecule has 0 aliphatic heterocycles. The van der Waals surface area contributed by atoms with E-state index in [1.807, 2.05) is 6.92 Å². The highest BCUT2D eigenvalue weighted by atomic mass is 32.2. The molecule has 2 rings (SSSR count). The molecule has 0 radical (unpaired) electrons. The molecule has 0 aliphatic carbocycles. The van der Waals surface area contributed by atoms with Gasteiger partial charge >= 0.3 is 0 Å². The summed E-state index contributed by atoms with van der Waals surface area (Å²) in [5.41, 5.74) is 2.20. The molecule has 0 atom stereocenters. The van der Waals surface area contributed by atoms with Crippen LogP contribution in [0.1, 0.15) is 18.2 Å². The quantitative estimate of drug-likeness (QED) is 0.881. The maximum atomic E-state index is 5.30. The van der Waals surface area contributed by atoms with E-state index < -0.39 is 0 Å². The molecule has 1 aromatic carbocycles. The molecule has 0 saturated carbocycles. The SMILES string of the molecule is CCNCc1ccc(Sc2nc(C)co2)cc1. The molecule has 1 aromatic heterocycles. The number of hydrogen-bond donors (Lipinski definition) is 1. The molecular weight excluding hydrogens is 232 g/mol. The molecule has 0 amide bonds. The number of oxazole rings is 1. The lowest BCUT2D eigenvalue weighted by atomic mass is 10.2. The first kappa shape index (κ1) is 12.2. The van der Waals surface area contributed by atoms with Crippen LogP contribution in [0, 0.1) is 6.92 Å². The molecule has 90 valence electrons. The van der Waals surface area contributed by atoms with Crippen molar-refractivity contribution in [3.63, 3.8) is 0 Å². The normalized spacial score (nSPS) is 10.7. The maximum absolute atomic E-state index is 5.30. The number of benzene rings is 1. The van der Waals surface area contributed by atoms with Gasteiger partial charge in [0.2, 0.25) is 0 Å². The second-order valence-corrected chi connectivity index (χ2v) is 4.81. The van der Waals surface area contributed by atoms with Crippen molar-refractivity contribution in [1.82, 2.24) is 10.3 Å². The maximum Gasteiger partial charge on any atom is 0.260 e. The second kappa shape index (κ2) is 5.89. The molecule has 2 aromatic rings. The van der Waals surface area contributed by atoms with Crippen molar-refractivity contribution < 1.29 is 4.42 Å². The van der Waals surface area contributed by atoms with Crippen LogP contribution in [0.4, 0.5) is 0 Å². The van der Waals surface area contributed by atoms with E-state index in [0.717, 1.165) is 23.7 Å². The lowest BCUT2D eigenvalue weighted by Crippen LogP contribution is -2.11. The van der Waals surface area contributed by atoms with Gasteiger partial charge < -0.3 is 9.73 Å². The highest BCUT2D eigenvalue weighted by Gasteiger charge is 2.03. The van der Waals surface area contributed by atoms with Gasteiger partial charge in [-0.05, 0) is 42.9 Å². The van der Waals surface area contributed by atoms with Crippen LogP contribution in [0.15, 0.2) is 45.1 Å². The minimum atomic E-state index is 0.696. The fourth-order valence-corrected chi connectivity index (χ4v) is 2.18. The summed E-state index contributed by atoms with van der Waals surface area (Å²) in [7, 11) is 0. The van der Waals surface area contributed by atoms with Gasteiger partial charge in [0.25, 0.3) is 5.22 Å². The number of nitrogens with one attached hydrogen (secondary N) is 1. The number of aryl methyl sites for hydroxylation is 1. The average Bonchev–Trinajstić information content (AvgIpc) is 2.74. The summed E-state index contributed by atoms with van der Waals surface area (Å²) in [6.07, 6.45) is 1.67. The lowest BCUT2D eigenvalue weighted by molar-refractivity contribution is 0.454. The third kappa shape index (κ3) is 3.61. The van der Waals surface area contributed by atoms with Crippen molar-refractivity contribution in [3.05, 3.63) is 41.8 Å². The van der Waals surface area contributed by atoms with E-state index in [4.69, 9.17) is 4.42 Å². The number of aromatic nitrogens is 1. The number of hydrogen-bond acceptors (Lipinski definition) is 4. The van der Waals surface area contributed by atoms with Crippen LogP contribution in [0.2, 0.25) is 0 Å². The predicted molar refractivity (Wildman–Crippen MR) is 69.2 cm³/mol. The topological polar surface area (TPSA) is 38.1 Å². The lowest BCUT2D eigenvalue weighted by Gasteiger charge is -2.02. The highest BCUT2D eigenvalue weighted by molar-refractivity contribution is 7.99. The standard InChI is InChI=1S/C13H16N2OS/c1-3-14-8-11-4-6-12(7-5-11)17-13-15-10(2)9-16-13/h4-7,9,14H,3,8H2,1-2H3. The molecule has 0 bridgehead atoms. The minimum Gasteiger partial charge on any atom is -0.439 e.